The maximum atomic E-state index is 12.1. The van der Waals surface area contributed by atoms with Crippen LogP contribution < -0.4 is 10.2 Å². The second-order valence-electron chi connectivity index (χ2n) is 5.32. The fraction of sp³-hybridized carbons (Fsp3) is 0.158. The maximum Gasteiger partial charge on any atom is 0.271 e. The van der Waals surface area contributed by atoms with Gasteiger partial charge in [0.05, 0.1) is 13.3 Å². The first-order chi connectivity index (χ1) is 11.7. The average molecular weight is 321 g/mol. The summed E-state index contributed by atoms with van der Waals surface area (Å²) in [6.07, 6.45) is 3.71. The summed E-state index contributed by atoms with van der Waals surface area (Å²) in [5.41, 5.74) is 5.18. The van der Waals surface area contributed by atoms with E-state index in [1.54, 1.807) is 37.6 Å². The highest BCUT2D eigenvalue weighted by atomic mass is 16.5. The number of hydrogen-bond donors (Lipinski definition) is 1. The van der Waals surface area contributed by atoms with Crippen LogP contribution in [0.1, 0.15) is 22.8 Å². The number of nitrogens with one attached hydrogen (secondary N) is 1. The molecule has 0 aliphatic heterocycles. The van der Waals surface area contributed by atoms with Gasteiger partial charge in [-0.3, -0.25) is 4.79 Å². The zero-order chi connectivity index (χ0) is 16.9. The maximum absolute atomic E-state index is 12.1. The van der Waals surface area contributed by atoms with Gasteiger partial charge in [-0.15, -0.1) is 0 Å². The number of carbonyl (C=O) groups is 1. The van der Waals surface area contributed by atoms with Crippen LogP contribution >= 0.6 is 0 Å². The minimum absolute atomic E-state index is 0.274. The number of methoxy groups -OCH3 is 1. The Kier molecular flexibility index (Phi) is 4.61. The molecule has 5 nitrogen and oxygen atoms in total. The number of fused-ring (bicyclic) bond motifs is 1. The van der Waals surface area contributed by atoms with E-state index >= 15 is 0 Å². The lowest BCUT2D eigenvalue weighted by molar-refractivity contribution is 0.0955. The summed E-state index contributed by atoms with van der Waals surface area (Å²) in [6, 6.07) is 15.1. The van der Waals surface area contributed by atoms with Crippen LogP contribution in [-0.4, -0.2) is 23.8 Å². The van der Waals surface area contributed by atoms with Crippen molar-refractivity contribution >= 4 is 23.0 Å². The molecule has 1 heterocycles. The zero-order valence-corrected chi connectivity index (χ0v) is 13.7. The summed E-state index contributed by atoms with van der Waals surface area (Å²) in [5.74, 6) is 0.363. The fourth-order valence-corrected chi connectivity index (χ4v) is 2.63. The third kappa shape index (κ3) is 3.15. The molecule has 1 N–H and O–H groups in total. The van der Waals surface area contributed by atoms with Crippen molar-refractivity contribution < 1.29 is 9.53 Å². The van der Waals surface area contributed by atoms with Crippen molar-refractivity contribution in [3.8, 4) is 5.75 Å². The van der Waals surface area contributed by atoms with Gasteiger partial charge in [-0.2, -0.15) is 5.10 Å². The van der Waals surface area contributed by atoms with Gasteiger partial charge in [-0.1, -0.05) is 24.3 Å². The van der Waals surface area contributed by atoms with E-state index in [0.717, 1.165) is 23.0 Å². The summed E-state index contributed by atoms with van der Waals surface area (Å²) in [4.78, 5) is 12.1. The van der Waals surface area contributed by atoms with Crippen LogP contribution in [0, 0.1) is 0 Å². The molecule has 0 fully saturated rings. The lowest BCUT2D eigenvalue weighted by atomic mass is 10.2. The molecule has 0 spiro atoms. The minimum Gasteiger partial charge on any atom is -0.497 e. The predicted octanol–water partition coefficient (Wildman–Crippen LogP) is 3.43. The topological polar surface area (TPSA) is 55.6 Å². The van der Waals surface area contributed by atoms with Gasteiger partial charge in [0.1, 0.15) is 5.75 Å². The Hall–Kier alpha value is -3.08. The number of aryl methyl sites for hydroxylation is 1. The van der Waals surface area contributed by atoms with Gasteiger partial charge in [0.15, 0.2) is 0 Å². The van der Waals surface area contributed by atoms with Crippen molar-refractivity contribution in [2.24, 2.45) is 5.10 Å². The predicted molar refractivity (Wildman–Crippen MR) is 95.7 cm³/mol. The molecule has 0 saturated carbocycles. The Morgan fingerprint density at radius 2 is 2.08 bits per heavy atom. The highest BCUT2D eigenvalue weighted by Crippen LogP contribution is 2.19. The number of para-hydroxylation sites is 1. The number of carbonyl (C=O) groups excluding carboxylic acids is 1. The Balaban J connectivity index is 1.78. The van der Waals surface area contributed by atoms with Gasteiger partial charge in [0, 0.05) is 34.8 Å². The number of ether oxygens (including phenoxy) is 1. The van der Waals surface area contributed by atoms with Crippen LogP contribution in [0.2, 0.25) is 0 Å². The van der Waals surface area contributed by atoms with E-state index in [1.165, 1.54) is 0 Å². The van der Waals surface area contributed by atoms with Gasteiger partial charge in [-0.25, -0.2) is 5.43 Å². The number of hydrogen-bond acceptors (Lipinski definition) is 3. The molecule has 3 rings (SSSR count). The molecule has 0 aliphatic carbocycles. The second-order valence-corrected chi connectivity index (χ2v) is 5.32. The highest BCUT2D eigenvalue weighted by molar-refractivity contribution is 6.00. The van der Waals surface area contributed by atoms with Crippen LogP contribution in [0.4, 0.5) is 0 Å². The summed E-state index contributed by atoms with van der Waals surface area (Å²) >= 11 is 0. The fourth-order valence-electron chi connectivity index (χ4n) is 2.63. The number of benzene rings is 2. The number of hydrazone groups is 1. The van der Waals surface area contributed by atoms with Crippen molar-refractivity contribution in [1.29, 1.82) is 0 Å². The SMILES string of the molecule is CCn1cc(/C=N/NC(=O)c2cccc(OC)c2)c2ccccc21. The van der Waals surface area contributed by atoms with E-state index in [1.807, 2.05) is 24.4 Å². The third-order valence-electron chi connectivity index (χ3n) is 3.86. The Morgan fingerprint density at radius 1 is 1.25 bits per heavy atom. The molecule has 24 heavy (non-hydrogen) atoms. The van der Waals surface area contributed by atoms with E-state index in [0.29, 0.717) is 11.3 Å². The number of amides is 1. The Bertz CT molecular complexity index is 897. The molecule has 0 bridgehead atoms. The first-order valence-corrected chi connectivity index (χ1v) is 7.78. The molecule has 5 heteroatoms. The van der Waals surface area contributed by atoms with Crippen molar-refractivity contribution in [1.82, 2.24) is 9.99 Å². The summed E-state index contributed by atoms with van der Waals surface area (Å²) < 4.78 is 7.27. The normalized spacial score (nSPS) is 11.1. The van der Waals surface area contributed by atoms with Crippen molar-refractivity contribution in [3.05, 3.63) is 65.9 Å². The minimum atomic E-state index is -0.274. The molecule has 2 aromatic carbocycles. The van der Waals surface area contributed by atoms with Crippen LogP contribution in [0.25, 0.3) is 10.9 Å². The molecule has 1 aromatic heterocycles. The van der Waals surface area contributed by atoms with Crippen molar-refractivity contribution in [2.45, 2.75) is 13.5 Å². The summed E-state index contributed by atoms with van der Waals surface area (Å²) in [5, 5.41) is 5.20. The van der Waals surface area contributed by atoms with E-state index in [9.17, 15) is 4.79 Å². The number of nitrogens with zero attached hydrogens (tertiary/aromatic N) is 2. The van der Waals surface area contributed by atoms with Gasteiger partial charge >= 0.3 is 0 Å². The van der Waals surface area contributed by atoms with Crippen molar-refractivity contribution in [2.75, 3.05) is 7.11 Å². The van der Waals surface area contributed by atoms with Gasteiger partial charge in [0.25, 0.3) is 5.91 Å². The first kappa shape index (κ1) is 15.8. The van der Waals surface area contributed by atoms with Gasteiger partial charge < -0.3 is 9.30 Å². The molecule has 0 aliphatic rings. The first-order valence-electron chi connectivity index (χ1n) is 7.78. The van der Waals surface area contributed by atoms with E-state index in [4.69, 9.17) is 4.74 Å². The van der Waals surface area contributed by atoms with Crippen molar-refractivity contribution in [3.63, 3.8) is 0 Å². The molecule has 1 amide bonds. The number of aromatic nitrogens is 1. The molecule has 0 unspecified atom stereocenters. The monoisotopic (exact) mass is 321 g/mol. The smallest absolute Gasteiger partial charge is 0.271 e. The van der Waals surface area contributed by atoms with E-state index in [2.05, 4.69) is 28.1 Å². The molecular weight excluding hydrogens is 302 g/mol. The zero-order valence-electron chi connectivity index (χ0n) is 13.7. The van der Waals surface area contributed by atoms with E-state index in [-0.39, 0.29) is 5.91 Å². The van der Waals surface area contributed by atoms with E-state index < -0.39 is 0 Å². The van der Waals surface area contributed by atoms with Gasteiger partial charge in [-0.05, 0) is 31.2 Å². The largest absolute Gasteiger partial charge is 0.497 e. The highest BCUT2D eigenvalue weighted by Gasteiger charge is 2.07. The number of rotatable bonds is 5. The molecule has 3 aromatic rings. The lowest BCUT2D eigenvalue weighted by Gasteiger charge is -2.02. The Morgan fingerprint density at radius 3 is 2.88 bits per heavy atom. The third-order valence-corrected chi connectivity index (χ3v) is 3.86. The van der Waals surface area contributed by atoms with Gasteiger partial charge in [0.2, 0.25) is 0 Å². The standard InChI is InChI=1S/C19H19N3O2/c1-3-22-13-15(17-9-4-5-10-18(17)22)12-20-21-19(23)14-7-6-8-16(11-14)24-2/h4-13H,3H2,1-2H3,(H,21,23)/b20-12+. The molecule has 0 saturated heterocycles. The Labute approximate surface area is 140 Å². The molecule has 0 atom stereocenters. The summed E-state index contributed by atoms with van der Waals surface area (Å²) in [7, 11) is 1.57. The van der Waals surface area contributed by atoms with Crippen LogP contribution in [0.3, 0.4) is 0 Å². The molecule has 0 radical (unpaired) electrons. The summed E-state index contributed by atoms with van der Waals surface area (Å²) in [6.45, 7) is 2.97. The molecule has 122 valence electrons. The van der Waals surface area contributed by atoms with Crippen LogP contribution in [0.5, 0.6) is 5.75 Å². The quantitative estimate of drug-likeness (QED) is 0.578. The molecular formula is C19H19N3O2. The van der Waals surface area contributed by atoms with Crippen LogP contribution in [-0.2, 0) is 6.54 Å². The average Bonchev–Trinajstić information content (AvgIpc) is 3.00. The van der Waals surface area contributed by atoms with Crippen LogP contribution in [0.15, 0.2) is 59.8 Å². The lowest BCUT2D eigenvalue weighted by Crippen LogP contribution is -2.17. The second kappa shape index (κ2) is 7.00.